The van der Waals surface area contributed by atoms with Crippen molar-refractivity contribution in [3.63, 3.8) is 0 Å². The van der Waals surface area contributed by atoms with E-state index in [1.165, 1.54) is 18.2 Å². The van der Waals surface area contributed by atoms with Gasteiger partial charge in [-0.25, -0.2) is 4.39 Å². The summed E-state index contributed by atoms with van der Waals surface area (Å²) < 4.78 is 21.3. The molecule has 3 nitrogen and oxygen atoms in total. The third kappa shape index (κ3) is 3.09. The quantitative estimate of drug-likeness (QED) is 0.822. The smallest absolute Gasteiger partial charge is 0.138 e. The third-order valence-corrected chi connectivity index (χ3v) is 4.04. The molecule has 102 valence electrons. The van der Waals surface area contributed by atoms with E-state index in [2.05, 4.69) is 21.0 Å². The van der Waals surface area contributed by atoms with Gasteiger partial charge in [-0.15, -0.1) is 0 Å². The summed E-state index contributed by atoms with van der Waals surface area (Å²) in [4.78, 5) is 0. The van der Waals surface area contributed by atoms with Crippen LogP contribution in [0.3, 0.4) is 0 Å². The molecule has 6 heteroatoms. The van der Waals surface area contributed by atoms with Crippen LogP contribution in [-0.4, -0.2) is 9.78 Å². The van der Waals surface area contributed by atoms with Crippen molar-refractivity contribution in [1.82, 2.24) is 9.78 Å². The first-order chi connectivity index (χ1) is 9.02. The Bertz CT molecular complexity index is 601. The molecule has 0 aliphatic carbocycles. The number of aryl methyl sites for hydroxylation is 2. The van der Waals surface area contributed by atoms with Crippen molar-refractivity contribution in [2.45, 2.75) is 27.0 Å². The fraction of sp³-hybridized carbons (Fsp3) is 0.308. The summed E-state index contributed by atoms with van der Waals surface area (Å²) >= 11 is 9.40. The third-order valence-electron chi connectivity index (χ3n) is 2.71. The Labute approximate surface area is 124 Å². The van der Waals surface area contributed by atoms with E-state index in [-0.39, 0.29) is 10.8 Å². The topological polar surface area (TPSA) is 27.1 Å². The van der Waals surface area contributed by atoms with Crippen LogP contribution < -0.4 is 4.74 Å². The lowest BCUT2D eigenvalue weighted by Gasteiger charge is -2.09. The van der Waals surface area contributed by atoms with Crippen LogP contribution in [0, 0.1) is 12.7 Å². The summed E-state index contributed by atoms with van der Waals surface area (Å²) in [6, 6.07) is 4.07. The Morgan fingerprint density at radius 2 is 2.21 bits per heavy atom. The molecule has 0 bridgehead atoms. The molecule has 1 heterocycles. The van der Waals surface area contributed by atoms with E-state index in [0.29, 0.717) is 12.4 Å². The molecule has 2 rings (SSSR count). The van der Waals surface area contributed by atoms with Crippen LogP contribution in [0.5, 0.6) is 5.75 Å². The maximum absolute atomic E-state index is 12.9. The van der Waals surface area contributed by atoms with E-state index >= 15 is 0 Å². The minimum absolute atomic E-state index is 0.260. The van der Waals surface area contributed by atoms with E-state index in [4.69, 9.17) is 16.3 Å². The molecule has 19 heavy (non-hydrogen) atoms. The molecule has 0 saturated carbocycles. The second kappa shape index (κ2) is 5.92. The minimum Gasteiger partial charge on any atom is -0.486 e. The highest BCUT2D eigenvalue weighted by Gasteiger charge is 2.13. The molecule has 0 aliphatic rings. The van der Waals surface area contributed by atoms with Gasteiger partial charge in [0.15, 0.2) is 0 Å². The van der Waals surface area contributed by atoms with Gasteiger partial charge in [-0.2, -0.15) is 5.10 Å². The summed E-state index contributed by atoms with van der Waals surface area (Å²) in [5, 5.41) is 4.63. The van der Waals surface area contributed by atoms with Crippen molar-refractivity contribution >= 4 is 27.5 Å². The fourth-order valence-electron chi connectivity index (χ4n) is 1.75. The van der Waals surface area contributed by atoms with Gasteiger partial charge < -0.3 is 4.74 Å². The molecule has 0 unspecified atom stereocenters. The molecular formula is C13H13BrClFN2O. The molecule has 0 radical (unpaired) electrons. The van der Waals surface area contributed by atoms with Crippen LogP contribution in [0.15, 0.2) is 22.7 Å². The predicted molar refractivity (Wildman–Crippen MR) is 76.1 cm³/mol. The van der Waals surface area contributed by atoms with Gasteiger partial charge in [-0.1, -0.05) is 11.6 Å². The van der Waals surface area contributed by atoms with Gasteiger partial charge in [-0.3, -0.25) is 4.68 Å². The van der Waals surface area contributed by atoms with Crippen molar-refractivity contribution in [2.75, 3.05) is 0 Å². The van der Waals surface area contributed by atoms with Gasteiger partial charge in [0.1, 0.15) is 18.2 Å². The first-order valence-electron chi connectivity index (χ1n) is 5.82. The Hall–Kier alpha value is -1.07. The fourth-order valence-corrected chi connectivity index (χ4v) is 2.37. The van der Waals surface area contributed by atoms with E-state index in [0.717, 1.165) is 22.4 Å². The van der Waals surface area contributed by atoms with E-state index in [1.807, 2.05) is 18.5 Å². The molecule has 1 aromatic heterocycles. The molecule has 0 atom stereocenters. The van der Waals surface area contributed by atoms with Crippen LogP contribution in [0.2, 0.25) is 5.02 Å². The van der Waals surface area contributed by atoms with Gasteiger partial charge in [0.05, 0.1) is 20.9 Å². The molecule has 0 aliphatic heterocycles. The van der Waals surface area contributed by atoms with Crippen LogP contribution in [0.1, 0.15) is 18.3 Å². The second-order valence-corrected chi connectivity index (χ2v) is 5.23. The van der Waals surface area contributed by atoms with Gasteiger partial charge >= 0.3 is 0 Å². The van der Waals surface area contributed by atoms with Crippen molar-refractivity contribution in [2.24, 2.45) is 0 Å². The summed E-state index contributed by atoms with van der Waals surface area (Å²) in [5.41, 5.74) is 1.84. The zero-order valence-electron chi connectivity index (χ0n) is 10.6. The van der Waals surface area contributed by atoms with Gasteiger partial charge in [0.25, 0.3) is 0 Å². The molecule has 0 spiro atoms. The highest BCUT2D eigenvalue weighted by molar-refractivity contribution is 9.10. The maximum atomic E-state index is 12.9. The average Bonchev–Trinajstić information content (AvgIpc) is 2.65. The number of hydrogen-bond donors (Lipinski definition) is 0. The maximum Gasteiger partial charge on any atom is 0.138 e. The van der Waals surface area contributed by atoms with Crippen LogP contribution in [0.4, 0.5) is 4.39 Å². The van der Waals surface area contributed by atoms with Gasteiger partial charge in [0.2, 0.25) is 0 Å². The van der Waals surface area contributed by atoms with E-state index < -0.39 is 0 Å². The lowest BCUT2D eigenvalue weighted by atomic mass is 10.3. The predicted octanol–water partition coefficient (Wildman–Crippen LogP) is 4.35. The number of halogens is 3. The SMILES string of the molecule is CCn1nc(C)c(Br)c1COc1ccc(F)cc1Cl. The van der Waals surface area contributed by atoms with E-state index in [1.54, 1.807) is 0 Å². The summed E-state index contributed by atoms with van der Waals surface area (Å²) in [7, 11) is 0. The number of benzene rings is 1. The highest BCUT2D eigenvalue weighted by atomic mass is 79.9. The molecule has 0 fully saturated rings. The largest absolute Gasteiger partial charge is 0.486 e. The Balaban J connectivity index is 2.18. The second-order valence-electron chi connectivity index (χ2n) is 4.03. The lowest BCUT2D eigenvalue weighted by Crippen LogP contribution is -2.06. The number of rotatable bonds is 4. The number of ether oxygens (including phenoxy) is 1. The Morgan fingerprint density at radius 1 is 1.47 bits per heavy atom. The van der Waals surface area contributed by atoms with Crippen molar-refractivity contribution in [3.05, 3.63) is 44.9 Å². The first kappa shape index (κ1) is 14.3. The van der Waals surface area contributed by atoms with E-state index in [9.17, 15) is 4.39 Å². The first-order valence-corrected chi connectivity index (χ1v) is 6.99. The Kier molecular flexibility index (Phi) is 4.47. The molecule has 0 saturated heterocycles. The average molecular weight is 348 g/mol. The lowest BCUT2D eigenvalue weighted by molar-refractivity contribution is 0.291. The van der Waals surface area contributed by atoms with Crippen molar-refractivity contribution < 1.29 is 9.13 Å². The van der Waals surface area contributed by atoms with Crippen LogP contribution in [-0.2, 0) is 13.2 Å². The summed E-state index contributed by atoms with van der Waals surface area (Å²) in [6.45, 7) is 5.00. The highest BCUT2D eigenvalue weighted by Crippen LogP contribution is 2.27. The summed E-state index contributed by atoms with van der Waals surface area (Å²) in [6.07, 6.45) is 0. The molecular weight excluding hydrogens is 335 g/mol. The number of hydrogen-bond acceptors (Lipinski definition) is 2. The molecule has 1 aromatic carbocycles. The normalized spacial score (nSPS) is 10.8. The van der Waals surface area contributed by atoms with Crippen molar-refractivity contribution in [1.29, 1.82) is 0 Å². The standard InChI is InChI=1S/C13H13BrClFN2O/c1-3-18-11(13(14)8(2)17-18)7-19-12-5-4-9(16)6-10(12)15/h4-6H,3,7H2,1-2H3. The molecule has 0 N–H and O–H groups in total. The zero-order valence-corrected chi connectivity index (χ0v) is 12.9. The zero-order chi connectivity index (χ0) is 14.0. The van der Waals surface area contributed by atoms with Crippen LogP contribution in [0.25, 0.3) is 0 Å². The number of aromatic nitrogens is 2. The molecule has 0 amide bonds. The van der Waals surface area contributed by atoms with Crippen molar-refractivity contribution in [3.8, 4) is 5.75 Å². The number of nitrogens with zero attached hydrogens (tertiary/aromatic N) is 2. The Morgan fingerprint density at radius 3 is 2.84 bits per heavy atom. The van der Waals surface area contributed by atoms with Crippen LogP contribution >= 0.6 is 27.5 Å². The molecule has 2 aromatic rings. The minimum atomic E-state index is -0.382. The van der Waals surface area contributed by atoms with Gasteiger partial charge in [0, 0.05) is 6.54 Å². The monoisotopic (exact) mass is 346 g/mol. The van der Waals surface area contributed by atoms with Gasteiger partial charge in [-0.05, 0) is 48.0 Å². The summed E-state index contributed by atoms with van der Waals surface area (Å²) in [5.74, 6) is 0.0736.